The van der Waals surface area contributed by atoms with Gasteiger partial charge >= 0.3 is 5.97 Å². The summed E-state index contributed by atoms with van der Waals surface area (Å²) in [6.07, 6.45) is 0. The second-order valence-electron chi connectivity index (χ2n) is 8.66. The predicted molar refractivity (Wildman–Crippen MR) is 118 cm³/mol. The van der Waals surface area contributed by atoms with Gasteiger partial charge in [-0.1, -0.05) is 23.2 Å². The number of ether oxygens (including phenoxy) is 2. The first kappa shape index (κ1) is 20.8. The fourth-order valence-electron chi connectivity index (χ4n) is 5.40. The number of hydrogen-bond acceptors (Lipinski definition) is 5. The minimum atomic E-state index is -1.47. The molecule has 0 spiro atoms. The molecule has 166 valence electrons. The van der Waals surface area contributed by atoms with Crippen LogP contribution in [-0.2, 0) is 14.3 Å². The summed E-state index contributed by atoms with van der Waals surface area (Å²) in [5.74, 6) is -2.05. The van der Waals surface area contributed by atoms with Gasteiger partial charge in [-0.2, -0.15) is 0 Å². The molecule has 0 aliphatic carbocycles. The molecule has 7 nitrogen and oxygen atoms in total. The van der Waals surface area contributed by atoms with Crippen molar-refractivity contribution in [1.82, 2.24) is 4.90 Å². The van der Waals surface area contributed by atoms with Crippen LogP contribution in [0.15, 0.2) is 36.4 Å². The van der Waals surface area contributed by atoms with Crippen molar-refractivity contribution in [1.29, 1.82) is 0 Å². The molecule has 2 aromatic rings. The first-order chi connectivity index (χ1) is 15.3. The van der Waals surface area contributed by atoms with Crippen LogP contribution in [0.1, 0.15) is 41.4 Å². The van der Waals surface area contributed by atoms with Crippen LogP contribution in [0.4, 0.5) is 5.69 Å². The van der Waals surface area contributed by atoms with Crippen molar-refractivity contribution in [2.75, 3.05) is 18.5 Å². The Morgan fingerprint density at radius 1 is 1.28 bits per heavy atom. The summed E-state index contributed by atoms with van der Waals surface area (Å²) in [6.45, 7) is 5.59. The van der Waals surface area contributed by atoms with E-state index in [1.54, 1.807) is 49.1 Å². The van der Waals surface area contributed by atoms with Gasteiger partial charge in [0.1, 0.15) is 11.3 Å². The van der Waals surface area contributed by atoms with Crippen LogP contribution in [0.25, 0.3) is 0 Å². The van der Waals surface area contributed by atoms with E-state index in [1.165, 1.54) is 0 Å². The van der Waals surface area contributed by atoms with Gasteiger partial charge in [0.25, 0.3) is 11.8 Å². The van der Waals surface area contributed by atoms with Crippen molar-refractivity contribution in [2.24, 2.45) is 11.8 Å². The number of carbonyl (C=O) groups excluding carboxylic acids is 3. The molecule has 3 aliphatic rings. The number of halogens is 1. The van der Waals surface area contributed by atoms with Crippen LogP contribution in [0.2, 0.25) is 5.02 Å². The normalized spacial score (nSPS) is 27.9. The van der Waals surface area contributed by atoms with E-state index >= 15 is 0 Å². The lowest BCUT2D eigenvalue weighted by atomic mass is 9.77. The van der Waals surface area contributed by atoms with E-state index in [0.717, 1.165) is 5.56 Å². The molecule has 1 fully saturated rings. The molecule has 0 unspecified atom stereocenters. The lowest BCUT2D eigenvalue weighted by Gasteiger charge is -2.38. The van der Waals surface area contributed by atoms with Crippen molar-refractivity contribution < 1.29 is 23.9 Å². The largest absolute Gasteiger partial charge is 0.493 e. The minimum Gasteiger partial charge on any atom is -0.493 e. The number of aryl methyl sites for hydroxylation is 1. The number of fused-ring (bicyclic) bond motifs is 6. The smallest absolute Gasteiger partial charge is 0.312 e. The van der Waals surface area contributed by atoms with E-state index < -0.39 is 35.3 Å². The van der Waals surface area contributed by atoms with E-state index in [4.69, 9.17) is 21.1 Å². The fourth-order valence-corrected chi connectivity index (χ4v) is 5.58. The Bertz CT molecular complexity index is 1170. The predicted octanol–water partition coefficient (Wildman–Crippen LogP) is 3.74. The summed E-state index contributed by atoms with van der Waals surface area (Å²) in [7, 11) is 0. The van der Waals surface area contributed by atoms with E-state index in [9.17, 15) is 14.4 Å². The average Bonchev–Trinajstić information content (AvgIpc) is 3.00. The molecule has 8 heteroatoms. The summed E-state index contributed by atoms with van der Waals surface area (Å²) in [6, 6.07) is 9.96. The minimum absolute atomic E-state index is 0.168. The SMILES string of the molecule is CCOC(=O)[C@H]1[C@H]2COc3ccc(Cl)cc3[C@@H]2N2C(=O)c3cc(C)ccc3NC(=O)[C@@]12C. The number of benzene rings is 2. The van der Waals surface area contributed by atoms with Crippen molar-refractivity contribution >= 4 is 35.1 Å². The highest BCUT2D eigenvalue weighted by Gasteiger charge is 2.67. The zero-order valence-corrected chi connectivity index (χ0v) is 18.7. The number of rotatable bonds is 2. The van der Waals surface area contributed by atoms with Gasteiger partial charge in [-0.05, 0) is 51.1 Å². The average molecular weight is 455 g/mol. The van der Waals surface area contributed by atoms with E-state index in [0.29, 0.717) is 27.6 Å². The third-order valence-corrected chi connectivity index (χ3v) is 7.05. The maximum absolute atomic E-state index is 14.0. The maximum atomic E-state index is 14.0. The molecule has 3 aliphatic heterocycles. The Balaban J connectivity index is 1.77. The van der Waals surface area contributed by atoms with Gasteiger partial charge < -0.3 is 19.7 Å². The molecular weight excluding hydrogens is 432 g/mol. The summed E-state index contributed by atoms with van der Waals surface area (Å²) < 4.78 is 11.3. The van der Waals surface area contributed by atoms with Crippen LogP contribution < -0.4 is 10.1 Å². The number of esters is 1. The summed E-state index contributed by atoms with van der Waals surface area (Å²) >= 11 is 6.29. The third-order valence-electron chi connectivity index (χ3n) is 6.81. The van der Waals surface area contributed by atoms with Crippen LogP contribution in [0.5, 0.6) is 5.75 Å². The molecule has 2 aromatic carbocycles. The zero-order valence-electron chi connectivity index (χ0n) is 18.0. The molecule has 3 heterocycles. The lowest BCUT2D eigenvalue weighted by Crippen LogP contribution is -2.57. The maximum Gasteiger partial charge on any atom is 0.312 e. The third kappa shape index (κ3) is 2.77. The molecule has 0 radical (unpaired) electrons. The highest BCUT2D eigenvalue weighted by Crippen LogP contribution is 2.57. The van der Waals surface area contributed by atoms with Crippen LogP contribution in [-0.4, -0.2) is 41.4 Å². The molecule has 0 aromatic heterocycles. The number of amides is 2. The quantitative estimate of drug-likeness (QED) is 0.699. The number of nitrogens with zero attached hydrogens (tertiary/aromatic N) is 1. The number of nitrogens with one attached hydrogen (secondary N) is 1. The van der Waals surface area contributed by atoms with Gasteiger partial charge in [-0.3, -0.25) is 14.4 Å². The van der Waals surface area contributed by atoms with Gasteiger partial charge in [-0.15, -0.1) is 0 Å². The van der Waals surface area contributed by atoms with Gasteiger partial charge in [0, 0.05) is 16.5 Å². The van der Waals surface area contributed by atoms with Crippen molar-refractivity contribution in [3.63, 3.8) is 0 Å². The summed E-state index contributed by atoms with van der Waals surface area (Å²) in [5.41, 5.74) is 0.921. The summed E-state index contributed by atoms with van der Waals surface area (Å²) in [4.78, 5) is 42.4. The second kappa shape index (κ2) is 7.24. The van der Waals surface area contributed by atoms with Crippen LogP contribution >= 0.6 is 11.6 Å². The van der Waals surface area contributed by atoms with Gasteiger partial charge in [0.15, 0.2) is 0 Å². The molecular formula is C24H23ClN2O5. The highest BCUT2D eigenvalue weighted by atomic mass is 35.5. The number of carbonyl (C=O) groups is 3. The topological polar surface area (TPSA) is 84.9 Å². The fraction of sp³-hybridized carbons (Fsp3) is 0.375. The van der Waals surface area contributed by atoms with Crippen molar-refractivity contribution in [3.8, 4) is 5.75 Å². The van der Waals surface area contributed by atoms with Gasteiger partial charge in [0.2, 0.25) is 0 Å². The van der Waals surface area contributed by atoms with Gasteiger partial charge in [0.05, 0.1) is 36.4 Å². The monoisotopic (exact) mass is 454 g/mol. The molecule has 1 saturated heterocycles. The lowest BCUT2D eigenvalue weighted by molar-refractivity contribution is -0.155. The zero-order chi connectivity index (χ0) is 22.8. The Morgan fingerprint density at radius 3 is 2.81 bits per heavy atom. The van der Waals surface area contributed by atoms with Gasteiger partial charge in [-0.25, -0.2) is 0 Å². The Kier molecular flexibility index (Phi) is 4.71. The summed E-state index contributed by atoms with van der Waals surface area (Å²) in [5, 5.41) is 3.37. The van der Waals surface area contributed by atoms with Crippen molar-refractivity contribution in [3.05, 3.63) is 58.1 Å². The molecule has 5 rings (SSSR count). The Hall–Kier alpha value is -3.06. The van der Waals surface area contributed by atoms with Crippen LogP contribution in [0.3, 0.4) is 0 Å². The van der Waals surface area contributed by atoms with Crippen molar-refractivity contribution in [2.45, 2.75) is 32.4 Å². The Labute approximate surface area is 190 Å². The number of hydrogen-bond donors (Lipinski definition) is 1. The molecule has 4 atom stereocenters. The Morgan fingerprint density at radius 2 is 2.06 bits per heavy atom. The first-order valence-corrected chi connectivity index (χ1v) is 11.0. The molecule has 0 bridgehead atoms. The molecule has 2 amide bonds. The molecule has 0 saturated carbocycles. The number of anilines is 1. The van der Waals surface area contributed by atoms with Crippen LogP contribution in [0, 0.1) is 18.8 Å². The van der Waals surface area contributed by atoms with E-state index in [1.807, 2.05) is 13.0 Å². The highest BCUT2D eigenvalue weighted by molar-refractivity contribution is 6.30. The first-order valence-electron chi connectivity index (χ1n) is 10.6. The standard InChI is InChI=1S/C24H23ClN2O5/c1-4-31-22(29)19-16-11-32-18-8-6-13(25)10-15(18)20(16)27-21(28)14-9-12(2)5-7-17(14)26-23(30)24(19,27)3/h5-10,16,19-20H,4,11H2,1-3H3,(H,26,30)/t16-,19-,20+,24-/m1/s1. The molecule has 32 heavy (non-hydrogen) atoms. The molecule has 1 N–H and O–H groups in total. The second-order valence-corrected chi connectivity index (χ2v) is 9.09. The van der Waals surface area contributed by atoms with E-state index in [-0.39, 0.29) is 19.1 Å². The van der Waals surface area contributed by atoms with E-state index in [2.05, 4.69) is 5.32 Å².